The number of carbonyl (C=O) groups excluding carboxylic acids is 1. The molecular formula is C16H19N3OS. The molecule has 0 spiro atoms. The number of hydrogen-bond donors (Lipinski definition) is 1. The molecule has 0 atom stereocenters. The van der Waals surface area contributed by atoms with Crippen molar-refractivity contribution in [1.82, 2.24) is 15.3 Å². The van der Waals surface area contributed by atoms with Gasteiger partial charge in [0.05, 0.1) is 10.6 Å². The molecule has 2 aromatic heterocycles. The van der Waals surface area contributed by atoms with Crippen molar-refractivity contribution in [2.45, 2.75) is 37.1 Å². The molecule has 0 saturated heterocycles. The Bertz CT molecular complexity index is 608. The highest BCUT2D eigenvalue weighted by atomic mass is 32.2. The summed E-state index contributed by atoms with van der Waals surface area (Å²) in [5, 5.41) is 3.86. The summed E-state index contributed by atoms with van der Waals surface area (Å²) < 4.78 is 0.116. The van der Waals surface area contributed by atoms with Gasteiger partial charge in [0.15, 0.2) is 0 Å². The van der Waals surface area contributed by atoms with Gasteiger partial charge in [0.2, 0.25) is 0 Å². The van der Waals surface area contributed by atoms with Gasteiger partial charge in [-0.25, -0.2) is 4.98 Å². The number of nitrogens with one attached hydrogen (secondary N) is 1. The standard InChI is InChI=1S/C16H19N3OS/c1-16(2,3)21-14-9-12(6-8-18-14)10-19-15(20)13-5-4-7-17-11-13/h4-9,11H,10H2,1-3H3,(H,19,20). The largest absolute Gasteiger partial charge is 0.348 e. The Kier molecular flexibility index (Phi) is 4.96. The van der Waals surface area contributed by atoms with Crippen LogP contribution in [0.2, 0.25) is 0 Å². The lowest BCUT2D eigenvalue weighted by molar-refractivity contribution is 0.0950. The SMILES string of the molecule is CC(C)(C)Sc1cc(CNC(=O)c2cccnc2)ccn1. The first-order chi connectivity index (χ1) is 9.94. The lowest BCUT2D eigenvalue weighted by atomic mass is 10.2. The second-order valence-electron chi connectivity index (χ2n) is 5.64. The molecule has 110 valence electrons. The summed E-state index contributed by atoms with van der Waals surface area (Å²) in [7, 11) is 0. The molecule has 2 heterocycles. The Morgan fingerprint density at radius 3 is 2.76 bits per heavy atom. The predicted molar refractivity (Wildman–Crippen MR) is 85.3 cm³/mol. The zero-order valence-electron chi connectivity index (χ0n) is 12.5. The third-order valence-corrected chi connectivity index (χ3v) is 3.63. The maximum Gasteiger partial charge on any atom is 0.253 e. The molecule has 21 heavy (non-hydrogen) atoms. The van der Waals surface area contributed by atoms with E-state index in [1.807, 2.05) is 12.1 Å². The van der Waals surface area contributed by atoms with Crippen LogP contribution in [0.1, 0.15) is 36.7 Å². The molecule has 0 radical (unpaired) electrons. The highest BCUT2D eigenvalue weighted by Crippen LogP contribution is 2.30. The van der Waals surface area contributed by atoms with E-state index in [0.29, 0.717) is 12.1 Å². The number of pyridine rings is 2. The van der Waals surface area contributed by atoms with Crippen LogP contribution in [0.3, 0.4) is 0 Å². The molecule has 1 N–H and O–H groups in total. The Morgan fingerprint density at radius 2 is 2.10 bits per heavy atom. The van der Waals surface area contributed by atoms with E-state index in [1.165, 1.54) is 0 Å². The maximum absolute atomic E-state index is 12.0. The van der Waals surface area contributed by atoms with E-state index < -0.39 is 0 Å². The fourth-order valence-electron chi connectivity index (χ4n) is 1.71. The zero-order chi connectivity index (χ0) is 15.3. The number of nitrogens with zero attached hydrogens (tertiary/aromatic N) is 2. The minimum Gasteiger partial charge on any atom is -0.348 e. The first-order valence-corrected chi connectivity index (χ1v) is 7.58. The first kappa shape index (κ1) is 15.5. The lowest BCUT2D eigenvalue weighted by Gasteiger charge is -2.17. The third-order valence-electron chi connectivity index (χ3n) is 2.59. The Hall–Kier alpha value is -1.88. The van der Waals surface area contributed by atoms with Gasteiger partial charge in [0.25, 0.3) is 5.91 Å². The van der Waals surface area contributed by atoms with E-state index in [4.69, 9.17) is 0 Å². The van der Waals surface area contributed by atoms with Crippen molar-refractivity contribution in [3.8, 4) is 0 Å². The molecule has 0 aromatic carbocycles. The van der Waals surface area contributed by atoms with Gasteiger partial charge in [-0.1, -0.05) is 20.8 Å². The maximum atomic E-state index is 12.0. The molecule has 0 saturated carbocycles. The second-order valence-corrected chi connectivity index (χ2v) is 7.49. The van der Waals surface area contributed by atoms with Gasteiger partial charge in [-0.15, -0.1) is 11.8 Å². The summed E-state index contributed by atoms with van der Waals surface area (Å²) >= 11 is 1.71. The summed E-state index contributed by atoms with van der Waals surface area (Å²) in [5.41, 5.74) is 1.60. The van der Waals surface area contributed by atoms with Crippen LogP contribution in [0, 0.1) is 0 Å². The van der Waals surface area contributed by atoms with Crippen molar-refractivity contribution in [2.24, 2.45) is 0 Å². The quantitative estimate of drug-likeness (QED) is 0.880. The van der Waals surface area contributed by atoms with Gasteiger partial charge in [-0.05, 0) is 29.8 Å². The van der Waals surface area contributed by atoms with Gasteiger partial charge in [-0.2, -0.15) is 0 Å². The van der Waals surface area contributed by atoms with Crippen molar-refractivity contribution in [1.29, 1.82) is 0 Å². The van der Waals surface area contributed by atoms with Crippen LogP contribution >= 0.6 is 11.8 Å². The molecule has 0 aliphatic heterocycles. The monoisotopic (exact) mass is 301 g/mol. The Balaban J connectivity index is 1.97. The smallest absolute Gasteiger partial charge is 0.253 e. The Morgan fingerprint density at radius 1 is 1.29 bits per heavy atom. The average molecular weight is 301 g/mol. The number of carbonyl (C=O) groups is 1. The van der Waals surface area contributed by atoms with E-state index in [2.05, 4.69) is 36.1 Å². The fourth-order valence-corrected chi connectivity index (χ4v) is 2.66. The Labute approximate surface area is 129 Å². The predicted octanol–water partition coefficient (Wildman–Crippen LogP) is 3.30. The summed E-state index contributed by atoms with van der Waals surface area (Å²) in [5.74, 6) is -0.120. The van der Waals surface area contributed by atoms with Crippen molar-refractivity contribution in [3.05, 3.63) is 54.0 Å². The van der Waals surface area contributed by atoms with E-state index >= 15 is 0 Å². The second kappa shape index (κ2) is 6.72. The average Bonchev–Trinajstić information content (AvgIpc) is 2.44. The fraction of sp³-hybridized carbons (Fsp3) is 0.312. The summed E-state index contributed by atoms with van der Waals surface area (Å²) in [6.45, 7) is 6.93. The van der Waals surface area contributed by atoms with E-state index in [1.54, 1.807) is 42.5 Å². The first-order valence-electron chi connectivity index (χ1n) is 6.76. The van der Waals surface area contributed by atoms with Crippen molar-refractivity contribution < 1.29 is 4.79 Å². The van der Waals surface area contributed by atoms with E-state index in [0.717, 1.165) is 10.6 Å². The summed E-state index contributed by atoms with van der Waals surface area (Å²) in [6.07, 6.45) is 4.98. The molecule has 0 fully saturated rings. The number of thioether (sulfide) groups is 1. The molecular weight excluding hydrogens is 282 g/mol. The highest BCUT2D eigenvalue weighted by Gasteiger charge is 2.13. The minimum atomic E-state index is -0.120. The van der Waals surface area contributed by atoms with Crippen LogP contribution in [-0.4, -0.2) is 20.6 Å². The number of aromatic nitrogens is 2. The van der Waals surface area contributed by atoms with Crippen molar-refractivity contribution in [2.75, 3.05) is 0 Å². The summed E-state index contributed by atoms with van der Waals surface area (Å²) in [4.78, 5) is 20.3. The third kappa shape index (κ3) is 5.19. The molecule has 2 rings (SSSR count). The van der Waals surface area contributed by atoms with Crippen LogP contribution < -0.4 is 5.32 Å². The molecule has 0 aliphatic rings. The zero-order valence-corrected chi connectivity index (χ0v) is 13.3. The molecule has 5 heteroatoms. The van der Waals surface area contributed by atoms with Gasteiger partial charge in [0, 0.05) is 29.9 Å². The van der Waals surface area contributed by atoms with Crippen LogP contribution in [-0.2, 0) is 6.54 Å². The minimum absolute atomic E-state index is 0.116. The number of rotatable bonds is 4. The highest BCUT2D eigenvalue weighted by molar-refractivity contribution is 8.00. The van der Waals surface area contributed by atoms with Crippen molar-refractivity contribution >= 4 is 17.7 Å². The topological polar surface area (TPSA) is 54.9 Å². The molecule has 0 bridgehead atoms. The van der Waals surface area contributed by atoms with Crippen LogP contribution in [0.5, 0.6) is 0 Å². The molecule has 0 unspecified atom stereocenters. The summed E-state index contributed by atoms with van der Waals surface area (Å²) in [6, 6.07) is 7.42. The van der Waals surface area contributed by atoms with Gasteiger partial charge >= 0.3 is 0 Å². The van der Waals surface area contributed by atoms with Crippen LogP contribution in [0.25, 0.3) is 0 Å². The molecule has 1 amide bonds. The lowest BCUT2D eigenvalue weighted by Crippen LogP contribution is -2.22. The van der Waals surface area contributed by atoms with Crippen LogP contribution in [0.15, 0.2) is 47.9 Å². The van der Waals surface area contributed by atoms with Gasteiger partial charge in [0.1, 0.15) is 0 Å². The van der Waals surface area contributed by atoms with Gasteiger partial charge in [-0.3, -0.25) is 9.78 Å². The van der Waals surface area contributed by atoms with Crippen LogP contribution in [0.4, 0.5) is 0 Å². The normalized spacial score (nSPS) is 11.2. The molecule has 0 aliphatic carbocycles. The van der Waals surface area contributed by atoms with E-state index in [9.17, 15) is 4.79 Å². The van der Waals surface area contributed by atoms with E-state index in [-0.39, 0.29) is 10.7 Å². The number of amides is 1. The van der Waals surface area contributed by atoms with Crippen molar-refractivity contribution in [3.63, 3.8) is 0 Å². The molecule has 4 nitrogen and oxygen atoms in total. The molecule has 2 aromatic rings. The number of hydrogen-bond acceptors (Lipinski definition) is 4. The van der Waals surface area contributed by atoms with Gasteiger partial charge < -0.3 is 5.32 Å².